The molecule has 0 saturated carbocycles. The van der Waals surface area contributed by atoms with Crippen LogP contribution in [0.5, 0.6) is 0 Å². The molecule has 1 atom stereocenters. The predicted octanol–water partition coefficient (Wildman–Crippen LogP) is 3.88. The van der Waals surface area contributed by atoms with Crippen molar-refractivity contribution in [2.24, 2.45) is 13.0 Å². The monoisotopic (exact) mass is 412 g/mol. The molecule has 1 unspecified atom stereocenters. The number of hydrogen-bond donors (Lipinski definition) is 0. The molecular weight excluding hydrogens is 388 g/mol. The van der Waals surface area contributed by atoms with Crippen molar-refractivity contribution in [1.82, 2.24) is 29.5 Å². The number of pyridine rings is 1. The van der Waals surface area contributed by atoms with Crippen LogP contribution in [0.2, 0.25) is 0 Å². The number of Topliss-reactive ketones (excluding diaryl/α,β-unsaturated/α-hetero) is 1. The second-order valence-corrected chi connectivity index (χ2v) is 8.13. The number of aromatic nitrogens is 6. The van der Waals surface area contributed by atoms with Gasteiger partial charge in [0.1, 0.15) is 11.5 Å². The Bertz CT molecular complexity index is 1240. The quantitative estimate of drug-likeness (QED) is 0.465. The van der Waals surface area contributed by atoms with E-state index in [0.29, 0.717) is 12.1 Å². The Labute approximate surface area is 180 Å². The van der Waals surface area contributed by atoms with Gasteiger partial charge in [0.05, 0.1) is 11.9 Å². The van der Waals surface area contributed by atoms with E-state index in [0.717, 1.165) is 53.4 Å². The van der Waals surface area contributed by atoms with E-state index < -0.39 is 0 Å². The van der Waals surface area contributed by atoms with Gasteiger partial charge < -0.3 is 0 Å². The van der Waals surface area contributed by atoms with E-state index in [9.17, 15) is 4.79 Å². The fraction of sp³-hybridized carbons (Fsp3) is 0.292. The molecule has 31 heavy (non-hydrogen) atoms. The molecule has 0 N–H and O–H groups in total. The third-order valence-electron chi connectivity index (χ3n) is 5.94. The number of carbonyl (C=O) groups is 1. The SMILES string of the molecule is Cc1cccnc1-c1cnn(C)c1C(=O)CC1CCn2nc(-c3ccccc3)nc2C1. The molecule has 0 aliphatic carbocycles. The standard InChI is InChI=1S/C24H24N6O/c1-16-7-6-11-25-22(16)19-15-26-29(2)23(19)20(31)13-17-10-12-30-21(14-17)27-24(28-30)18-8-4-3-5-9-18/h3-9,11,15,17H,10,12-14H2,1-2H3. The minimum absolute atomic E-state index is 0.0984. The molecule has 0 spiro atoms. The van der Waals surface area contributed by atoms with Gasteiger partial charge in [-0.2, -0.15) is 10.2 Å². The van der Waals surface area contributed by atoms with Crippen LogP contribution >= 0.6 is 0 Å². The van der Waals surface area contributed by atoms with Gasteiger partial charge in [0, 0.05) is 43.8 Å². The zero-order valence-corrected chi connectivity index (χ0v) is 17.7. The third kappa shape index (κ3) is 3.67. The highest BCUT2D eigenvalue weighted by Gasteiger charge is 2.27. The molecule has 7 nitrogen and oxygen atoms in total. The Morgan fingerprint density at radius 2 is 2.00 bits per heavy atom. The summed E-state index contributed by atoms with van der Waals surface area (Å²) >= 11 is 0. The van der Waals surface area contributed by atoms with E-state index in [4.69, 9.17) is 4.98 Å². The highest BCUT2D eigenvalue weighted by atomic mass is 16.1. The fourth-order valence-electron chi connectivity index (χ4n) is 4.32. The molecule has 0 amide bonds. The average molecular weight is 412 g/mol. The Hall–Kier alpha value is -3.61. The van der Waals surface area contributed by atoms with E-state index in [1.165, 1.54) is 0 Å². The smallest absolute Gasteiger partial charge is 0.181 e. The molecule has 0 fully saturated rings. The highest BCUT2D eigenvalue weighted by Crippen LogP contribution is 2.29. The maximum Gasteiger partial charge on any atom is 0.181 e. The van der Waals surface area contributed by atoms with Crippen molar-refractivity contribution >= 4 is 5.78 Å². The van der Waals surface area contributed by atoms with Gasteiger partial charge in [-0.3, -0.25) is 14.5 Å². The van der Waals surface area contributed by atoms with Crippen LogP contribution in [0.25, 0.3) is 22.6 Å². The largest absolute Gasteiger partial charge is 0.292 e. The molecule has 4 heterocycles. The Kier molecular flexibility index (Phi) is 4.94. The lowest BCUT2D eigenvalue weighted by atomic mass is 9.90. The zero-order chi connectivity index (χ0) is 21.4. The van der Waals surface area contributed by atoms with Gasteiger partial charge in [-0.15, -0.1) is 0 Å². The lowest BCUT2D eigenvalue weighted by Gasteiger charge is -2.21. The van der Waals surface area contributed by atoms with Crippen molar-refractivity contribution < 1.29 is 4.79 Å². The number of aryl methyl sites for hydroxylation is 3. The molecule has 156 valence electrons. The summed E-state index contributed by atoms with van der Waals surface area (Å²) in [4.78, 5) is 22.5. The summed E-state index contributed by atoms with van der Waals surface area (Å²) in [5, 5.41) is 9.01. The second-order valence-electron chi connectivity index (χ2n) is 8.13. The third-order valence-corrected chi connectivity index (χ3v) is 5.94. The van der Waals surface area contributed by atoms with Gasteiger partial charge in [0.25, 0.3) is 0 Å². The molecule has 3 aromatic heterocycles. The van der Waals surface area contributed by atoms with Gasteiger partial charge in [-0.1, -0.05) is 36.4 Å². The van der Waals surface area contributed by atoms with Gasteiger partial charge in [-0.05, 0) is 30.9 Å². The van der Waals surface area contributed by atoms with Gasteiger partial charge in [-0.25, -0.2) is 9.67 Å². The van der Waals surface area contributed by atoms with Crippen molar-refractivity contribution in [2.45, 2.75) is 32.7 Å². The molecule has 1 aliphatic heterocycles. The van der Waals surface area contributed by atoms with E-state index in [-0.39, 0.29) is 11.7 Å². The lowest BCUT2D eigenvalue weighted by Crippen LogP contribution is -2.23. The molecule has 0 bridgehead atoms. The number of carbonyl (C=O) groups excluding carboxylic acids is 1. The van der Waals surface area contributed by atoms with Crippen molar-refractivity contribution in [1.29, 1.82) is 0 Å². The summed E-state index contributed by atoms with van der Waals surface area (Å²) in [5.41, 5.74) is 4.29. The van der Waals surface area contributed by atoms with E-state index >= 15 is 0 Å². The van der Waals surface area contributed by atoms with Crippen LogP contribution < -0.4 is 0 Å². The Morgan fingerprint density at radius 3 is 2.81 bits per heavy atom. The van der Waals surface area contributed by atoms with Gasteiger partial charge in [0.2, 0.25) is 0 Å². The number of rotatable bonds is 5. The number of benzene rings is 1. The maximum atomic E-state index is 13.3. The Balaban J connectivity index is 1.36. The molecule has 7 heteroatoms. The minimum atomic E-state index is 0.0984. The van der Waals surface area contributed by atoms with E-state index in [1.54, 1.807) is 17.1 Å². The summed E-state index contributed by atoms with van der Waals surface area (Å²) < 4.78 is 3.65. The summed E-state index contributed by atoms with van der Waals surface area (Å²) in [7, 11) is 1.82. The molecule has 4 aromatic rings. The number of ketones is 1. The highest BCUT2D eigenvalue weighted by molar-refractivity contribution is 6.00. The van der Waals surface area contributed by atoms with Crippen molar-refractivity contribution in [3.05, 3.63) is 71.9 Å². The van der Waals surface area contributed by atoms with Crippen LogP contribution in [-0.4, -0.2) is 35.3 Å². The Morgan fingerprint density at radius 1 is 1.16 bits per heavy atom. The first-order chi connectivity index (χ1) is 15.1. The summed E-state index contributed by atoms with van der Waals surface area (Å²) in [6.07, 6.45) is 5.62. The van der Waals surface area contributed by atoms with Crippen molar-refractivity contribution in [3.8, 4) is 22.6 Å². The number of fused-ring (bicyclic) bond motifs is 1. The molecule has 5 rings (SSSR count). The molecule has 1 aliphatic rings. The van der Waals surface area contributed by atoms with Crippen LogP contribution in [0.1, 0.15) is 34.7 Å². The zero-order valence-electron chi connectivity index (χ0n) is 17.7. The second kappa shape index (κ2) is 7.91. The van der Waals surface area contributed by atoms with Crippen molar-refractivity contribution in [3.63, 3.8) is 0 Å². The summed E-state index contributed by atoms with van der Waals surface area (Å²) in [5.74, 6) is 2.04. The van der Waals surface area contributed by atoms with Gasteiger partial charge >= 0.3 is 0 Å². The molecule has 1 aromatic carbocycles. The fourth-order valence-corrected chi connectivity index (χ4v) is 4.32. The van der Waals surface area contributed by atoms with Crippen LogP contribution in [0.15, 0.2) is 54.9 Å². The molecule has 0 saturated heterocycles. The minimum Gasteiger partial charge on any atom is -0.292 e. The van der Waals surface area contributed by atoms with Crippen LogP contribution in [-0.2, 0) is 20.0 Å². The topological polar surface area (TPSA) is 78.5 Å². The van der Waals surface area contributed by atoms with Crippen LogP contribution in [0.3, 0.4) is 0 Å². The van der Waals surface area contributed by atoms with Gasteiger partial charge in [0.15, 0.2) is 11.6 Å². The predicted molar refractivity (Wildman–Crippen MR) is 117 cm³/mol. The number of hydrogen-bond acceptors (Lipinski definition) is 5. The normalized spacial score (nSPS) is 15.6. The first-order valence-electron chi connectivity index (χ1n) is 10.6. The average Bonchev–Trinajstić information content (AvgIpc) is 3.38. The number of nitrogens with zero attached hydrogens (tertiary/aromatic N) is 6. The summed E-state index contributed by atoms with van der Waals surface area (Å²) in [6, 6.07) is 13.9. The lowest BCUT2D eigenvalue weighted by molar-refractivity contribution is 0.0944. The van der Waals surface area contributed by atoms with E-state index in [2.05, 4.69) is 15.2 Å². The van der Waals surface area contributed by atoms with Crippen LogP contribution in [0, 0.1) is 12.8 Å². The molecular formula is C24H24N6O. The molecule has 0 radical (unpaired) electrons. The maximum absolute atomic E-state index is 13.3. The van der Waals surface area contributed by atoms with E-state index in [1.807, 2.05) is 61.1 Å². The summed E-state index contributed by atoms with van der Waals surface area (Å²) in [6.45, 7) is 2.78. The van der Waals surface area contributed by atoms with Crippen LogP contribution in [0.4, 0.5) is 0 Å². The first kappa shape index (κ1) is 19.4. The van der Waals surface area contributed by atoms with Crippen molar-refractivity contribution in [2.75, 3.05) is 0 Å². The first-order valence-corrected chi connectivity index (χ1v) is 10.6.